The summed E-state index contributed by atoms with van der Waals surface area (Å²) in [5.74, 6) is 0.852. The fourth-order valence-electron chi connectivity index (χ4n) is 4.29. The van der Waals surface area contributed by atoms with Gasteiger partial charge in [-0.2, -0.15) is 0 Å². The molecule has 0 spiro atoms. The maximum Gasteiger partial charge on any atom is 0.338 e. The van der Waals surface area contributed by atoms with Crippen molar-refractivity contribution in [1.82, 2.24) is 4.57 Å². The van der Waals surface area contributed by atoms with Gasteiger partial charge in [-0.15, -0.1) is 0 Å². The predicted molar refractivity (Wildman–Crippen MR) is 158 cm³/mol. The van der Waals surface area contributed by atoms with Gasteiger partial charge in [0.25, 0.3) is 5.56 Å². The van der Waals surface area contributed by atoms with Crippen molar-refractivity contribution in [3.8, 4) is 11.5 Å². The highest BCUT2D eigenvalue weighted by atomic mass is 127. The second kappa shape index (κ2) is 11.9. The Hall–Kier alpha value is -2.92. The summed E-state index contributed by atoms with van der Waals surface area (Å²) in [5, 5.41) is 0. The van der Waals surface area contributed by atoms with Gasteiger partial charge in [-0.05, 0) is 93.5 Å². The molecule has 9 heteroatoms. The summed E-state index contributed by atoms with van der Waals surface area (Å²) in [6, 6.07) is 11.1. The minimum Gasteiger partial charge on any atom is -0.490 e. The lowest BCUT2D eigenvalue weighted by atomic mass is 9.95. The fourth-order valence-corrected chi connectivity index (χ4v) is 6.09. The standard InChI is InChI=1S/C29H31IN2O5S/c1-7-35-22-14-19(13-21(30)26(22)37-16(3)4)15-23-27(33)32-25(20-11-9-17(5)10-12-20)24(28(34)36-8-2)18(6)31-29(32)38-23/h9-16,25H,7-8H2,1-6H3/t25-/m1/s1. The maximum atomic E-state index is 13.9. The number of carbonyl (C=O) groups excluding carboxylic acids is 1. The van der Waals surface area contributed by atoms with Crippen molar-refractivity contribution in [1.29, 1.82) is 0 Å². The largest absolute Gasteiger partial charge is 0.490 e. The highest BCUT2D eigenvalue weighted by molar-refractivity contribution is 14.1. The fraction of sp³-hybridized carbons (Fsp3) is 0.345. The minimum atomic E-state index is -0.631. The molecule has 7 nitrogen and oxygen atoms in total. The number of allylic oxidation sites excluding steroid dienone is 1. The van der Waals surface area contributed by atoms with Crippen LogP contribution in [0.5, 0.6) is 11.5 Å². The lowest BCUT2D eigenvalue weighted by Gasteiger charge is -2.24. The highest BCUT2D eigenvalue weighted by Gasteiger charge is 2.33. The number of hydrogen-bond donors (Lipinski definition) is 0. The molecule has 0 amide bonds. The quantitative estimate of drug-likeness (QED) is 0.257. The van der Waals surface area contributed by atoms with Crippen molar-refractivity contribution >= 4 is 46.0 Å². The number of benzene rings is 2. The molecule has 0 bridgehead atoms. The van der Waals surface area contributed by atoms with E-state index in [1.54, 1.807) is 18.4 Å². The van der Waals surface area contributed by atoms with Crippen molar-refractivity contribution in [3.05, 3.63) is 87.6 Å². The summed E-state index contributed by atoms with van der Waals surface area (Å²) in [6.07, 6.45) is 1.83. The zero-order chi connectivity index (χ0) is 27.6. The summed E-state index contributed by atoms with van der Waals surface area (Å²) in [4.78, 5) is 32.1. The van der Waals surface area contributed by atoms with Crippen LogP contribution in [0.1, 0.15) is 57.4 Å². The molecule has 1 aliphatic rings. The van der Waals surface area contributed by atoms with Gasteiger partial charge in [-0.1, -0.05) is 41.2 Å². The van der Waals surface area contributed by atoms with E-state index >= 15 is 0 Å². The first-order valence-corrected chi connectivity index (χ1v) is 14.4. The molecule has 2 aromatic carbocycles. The van der Waals surface area contributed by atoms with Gasteiger partial charge in [-0.25, -0.2) is 9.79 Å². The number of carbonyl (C=O) groups is 1. The molecule has 38 heavy (non-hydrogen) atoms. The Kier molecular flexibility index (Phi) is 8.77. The summed E-state index contributed by atoms with van der Waals surface area (Å²) in [5.41, 5.74) is 3.42. The van der Waals surface area contributed by atoms with E-state index in [-0.39, 0.29) is 18.3 Å². The monoisotopic (exact) mass is 646 g/mol. The van der Waals surface area contributed by atoms with Gasteiger partial charge in [0, 0.05) is 0 Å². The summed E-state index contributed by atoms with van der Waals surface area (Å²) in [6.45, 7) is 12.1. The van der Waals surface area contributed by atoms with Crippen molar-refractivity contribution in [2.45, 2.75) is 53.7 Å². The van der Waals surface area contributed by atoms with E-state index in [4.69, 9.17) is 14.2 Å². The van der Waals surface area contributed by atoms with Gasteiger partial charge in [0.1, 0.15) is 0 Å². The van der Waals surface area contributed by atoms with Crippen LogP contribution in [-0.2, 0) is 9.53 Å². The van der Waals surface area contributed by atoms with Crippen LogP contribution in [0.25, 0.3) is 6.08 Å². The molecular weight excluding hydrogens is 615 g/mol. The lowest BCUT2D eigenvalue weighted by Crippen LogP contribution is -2.39. The molecule has 0 saturated carbocycles. The average molecular weight is 647 g/mol. The number of thiazole rings is 1. The number of aryl methyl sites for hydroxylation is 1. The molecule has 4 rings (SSSR count). The topological polar surface area (TPSA) is 79.1 Å². The Morgan fingerprint density at radius 3 is 2.50 bits per heavy atom. The third-order valence-electron chi connectivity index (χ3n) is 5.89. The Balaban J connectivity index is 1.90. The SMILES string of the molecule is CCOC(=O)C1=C(C)N=c2sc(=Cc3cc(I)c(OC(C)C)c(OCC)c3)c(=O)n2[C@@H]1c1ccc(C)cc1. The second-order valence-electron chi connectivity index (χ2n) is 9.14. The van der Waals surface area contributed by atoms with Gasteiger partial charge in [0.15, 0.2) is 16.3 Å². The number of fused-ring (bicyclic) bond motifs is 1. The number of esters is 1. The summed E-state index contributed by atoms with van der Waals surface area (Å²) < 4.78 is 20.2. The first-order valence-electron chi connectivity index (χ1n) is 12.5. The van der Waals surface area contributed by atoms with Crippen LogP contribution in [0, 0.1) is 10.5 Å². The lowest BCUT2D eigenvalue weighted by molar-refractivity contribution is -0.139. The number of nitrogens with zero attached hydrogens (tertiary/aromatic N) is 2. The van der Waals surface area contributed by atoms with E-state index in [1.807, 2.05) is 70.2 Å². The number of aromatic nitrogens is 1. The van der Waals surface area contributed by atoms with Crippen LogP contribution in [-0.4, -0.2) is 29.9 Å². The van der Waals surface area contributed by atoms with Crippen LogP contribution in [0.3, 0.4) is 0 Å². The highest BCUT2D eigenvalue weighted by Crippen LogP contribution is 2.35. The van der Waals surface area contributed by atoms with Crippen LogP contribution in [0.4, 0.5) is 0 Å². The molecule has 0 unspecified atom stereocenters. The number of hydrogen-bond acceptors (Lipinski definition) is 7. The molecule has 3 aromatic rings. The molecule has 0 N–H and O–H groups in total. The van der Waals surface area contributed by atoms with E-state index in [0.29, 0.717) is 38.7 Å². The zero-order valence-electron chi connectivity index (χ0n) is 22.3. The van der Waals surface area contributed by atoms with Crippen molar-refractivity contribution < 1.29 is 19.0 Å². The van der Waals surface area contributed by atoms with Crippen LogP contribution in [0.2, 0.25) is 0 Å². The normalized spacial score (nSPS) is 15.4. The number of halogens is 1. The molecule has 1 atom stereocenters. The minimum absolute atomic E-state index is 0.00382. The molecule has 1 aromatic heterocycles. The molecule has 1 aliphatic heterocycles. The molecule has 0 radical (unpaired) electrons. The summed E-state index contributed by atoms with van der Waals surface area (Å²) in [7, 11) is 0. The Morgan fingerprint density at radius 2 is 1.87 bits per heavy atom. The third kappa shape index (κ3) is 5.73. The molecular formula is C29H31IN2O5S. The zero-order valence-corrected chi connectivity index (χ0v) is 25.3. The average Bonchev–Trinajstić information content (AvgIpc) is 3.15. The molecule has 0 fully saturated rings. The van der Waals surface area contributed by atoms with Crippen LogP contribution < -0.4 is 24.4 Å². The van der Waals surface area contributed by atoms with Crippen molar-refractivity contribution in [3.63, 3.8) is 0 Å². The third-order valence-corrected chi connectivity index (χ3v) is 7.68. The Bertz CT molecular complexity index is 1570. The van der Waals surface area contributed by atoms with Gasteiger partial charge in [0.2, 0.25) is 0 Å². The molecule has 200 valence electrons. The summed E-state index contributed by atoms with van der Waals surface area (Å²) >= 11 is 3.52. The van der Waals surface area contributed by atoms with E-state index in [1.165, 1.54) is 11.3 Å². The Morgan fingerprint density at radius 1 is 1.16 bits per heavy atom. The van der Waals surface area contributed by atoms with Crippen LogP contribution >= 0.6 is 33.9 Å². The first kappa shape index (κ1) is 28.1. The Labute approximate surface area is 239 Å². The van der Waals surface area contributed by atoms with E-state index in [0.717, 1.165) is 20.3 Å². The second-order valence-corrected chi connectivity index (χ2v) is 11.3. The smallest absolute Gasteiger partial charge is 0.338 e. The van der Waals surface area contributed by atoms with Gasteiger partial charge >= 0.3 is 5.97 Å². The number of ether oxygens (including phenoxy) is 3. The van der Waals surface area contributed by atoms with Crippen molar-refractivity contribution in [2.24, 2.45) is 4.99 Å². The van der Waals surface area contributed by atoms with E-state index < -0.39 is 12.0 Å². The van der Waals surface area contributed by atoms with Crippen molar-refractivity contribution in [2.75, 3.05) is 13.2 Å². The maximum absolute atomic E-state index is 13.9. The van der Waals surface area contributed by atoms with Gasteiger partial charge in [0.05, 0.1) is 44.7 Å². The number of rotatable bonds is 8. The molecule has 2 heterocycles. The van der Waals surface area contributed by atoms with Gasteiger partial charge in [-0.3, -0.25) is 9.36 Å². The van der Waals surface area contributed by atoms with E-state index in [9.17, 15) is 9.59 Å². The first-order chi connectivity index (χ1) is 18.1. The predicted octanol–water partition coefficient (Wildman–Crippen LogP) is 4.90. The van der Waals surface area contributed by atoms with Crippen LogP contribution in [0.15, 0.2) is 57.5 Å². The molecule has 0 saturated heterocycles. The van der Waals surface area contributed by atoms with Gasteiger partial charge < -0.3 is 14.2 Å². The molecule has 0 aliphatic carbocycles. The van der Waals surface area contributed by atoms with E-state index in [2.05, 4.69) is 27.6 Å².